The maximum absolute atomic E-state index is 11.8. The van der Waals surface area contributed by atoms with Crippen molar-refractivity contribution in [2.75, 3.05) is 18.5 Å². The summed E-state index contributed by atoms with van der Waals surface area (Å²) in [5.74, 6) is 0.530. The van der Waals surface area contributed by atoms with Crippen molar-refractivity contribution >= 4 is 11.7 Å². The zero-order chi connectivity index (χ0) is 12.3. The predicted molar refractivity (Wildman–Crippen MR) is 61.3 cm³/mol. The fourth-order valence-corrected chi connectivity index (χ4v) is 1.55. The maximum Gasteiger partial charge on any atom is 0.295 e. The van der Waals surface area contributed by atoms with Crippen LogP contribution in [0.25, 0.3) is 0 Å². The molecule has 0 saturated carbocycles. The molecule has 17 heavy (non-hydrogen) atoms. The molecule has 0 aliphatic carbocycles. The van der Waals surface area contributed by atoms with Gasteiger partial charge in [-0.25, -0.2) is 4.68 Å². The third-order valence-corrected chi connectivity index (χ3v) is 2.32. The number of hydrogen-bond acceptors (Lipinski definition) is 4. The second-order valence-corrected chi connectivity index (χ2v) is 3.64. The second kappa shape index (κ2) is 4.90. The van der Waals surface area contributed by atoms with E-state index in [2.05, 4.69) is 10.4 Å². The Balaban J connectivity index is 2.09. The highest BCUT2D eigenvalue weighted by Crippen LogP contribution is 2.13. The summed E-state index contributed by atoms with van der Waals surface area (Å²) in [7, 11) is 0. The summed E-state index contributed by atoms with van der Waals surface area (Å²) in [5, 5.41) is 6.98. The van der Waals surface area contributed by atoms with Crippen LogP contribution in [0.2, 0.25) is 0 Å². The number of rotatable bonds is 3. The number of amides is 1. The highest BCUT2D eigenvalue weighted by molar-refractivity contribution is 6.01. The van der Waals surface area contributed by atoms with Crippen molar-refractivity contribution in [3.8, 4) is 0 Å². The first-order valence-electron chi connectivity index (χ1n) is 5.51. The molecular formula is C11H15N3O3. The van der Waals surface area contributed by atoms with Gasteiger partial charge in [0.2, 0.25) is 5.76 Å². The van der Waals surface area contributed by atoms with Crippen LogP contribution in [0.4, 0.5) is 5.82 Å². The Bertz CT molecular complexity index is 451. The third-order valence-electron chi connectivity index (χ3n) is 2.32. The van der Waals surface area contributed by atoms with Gasteiger partial charge in [0, 0.05) is 12.6 Å². The van der Waals surface area contributed by atoms with E-state index in [1.54, 1.807) is 4.68 Å². The highest BCUT2D eigenvalue weighted by atomic mass is 16.6. The Kier molecular flexibility index (Phi) is 3.32. The molecule has 2 heterocycles. The summed E-state index contributed by atoms with van der Waals surface area (Å²) in [5.41, 5.74) is 0.858. The molecule has 6 heteroatoms. The van der Waals surface area contributed by atoms with E-state index in [4.69, 9.17) is 9.47 Å². The number of aryl methyl sites for hydroxylation is 2. The number of nitrogens with zero attached hydrogens (tertiary/aromatic N) is 2. The van der Waals surface area contributed by atoms with Gasteiger partial charge in [0.15, 0.2) is 0 Å². The van der Waals surface area contributed by atoms with Gasteiger partial charge < -0.3 is 14.8 Å². The minimum absolute atomic E-state index is 0.192. The van der Waals surface area contributed by atoms with Gasteiger partial charge in [0.05, 0.1) is 5.69 Å². The summed E-state index contributed by atoms with van der Waals surface area (Å²) in [6.45, 7) is 5.40. The van der Waals surface area contributed by atoms with Crippen LogP contribution in [0.5, 0.6) is 0 Å². The Morgan fingerprint density at radius 1 is 1.59 bits per heavy atom. The van der Waals surface area contributed by atoms with Crippen LogP contribution < -0.4 is 5.32 Å². The van der Waals surface area contributed by atoms with Crippen molar-refractivity contribution in [3.05, 3.63) is 23.8 Å². The molecule has 0 unspecified atom stereocenters. The zero-order valence-electron chi connectivity index (χ0n) is 9.90. The molecule has 2 rings (SSSR count). The fraction of sp³-hybridized carbons (Fsp3) is 0.455. The van der Waals surface area contributed by atoms with Crippen LogP contribution in [0.3, 0.4) is 0 Å². The summed E-state index contributed by atoms with van der Waals surface area (Å²) in [6, 6.07) is 1.81. The van der Waals surface area contributed by atoms with Gasteiger partial charge in [-0.3, -0.25) is 4.79 Å². The van der Waals surface area contributed by atoms with Crippen molar-refractivity contribution in [1.29, 1.82) is 0 Å². The predicted octanol–water partition coefficient (Wildman–Crippen LogP) is 1.04. The molecule has 6 nitrogen and oxygen atoms in total. The van der Waals surface area contributed by atoms with E-state index >= 15 is 0 Å². The maximum atomic E-state index is 11.8. The standard InChI is InChI=1S/C11H15N3O3/c1-3-14-10(6-8(2)13-14)12-11(15)9-7-16-4-5-17-9/h6-7H,3-5H2,1-2H3,(H,12,15). The Morgan fingerprint density at radius 3 is 3.06 bits per heavy atom. The number of nitrogens with one attached hydrogen (secondary N) is 1. The van der Waals surface area contributed by atoms with Crippen LogP contribution >= 0.6 is 0 Å². The van der Waals surface area contributed by atoms with E-state index in [1.807, 2.05) is 19.9 Å². The smallest absolute Gasteiger partial charge is 0.295 e. The molecule has 1 N–H and O–H groups in total. The minimum atomic E-state index is -0.320. The fourth-order valence-electron chi connectivity index (χ4n) is 1.55. The zero-order valence-corrected chi connectivity index (χ0v) is 9.90. The van der Waals surface area contributed by atoms with Crippen molar-refractivity contribution in [2.24, 2.45) is 0 Å². The van der Waals surface area contributed by atoms with E-state index in [1.165, 1.54) is 6.26 Å². The van der Waals surface area contributed by atoms with Crippen LogP contribution in [0.1, 0.15) is 12.6 Å². The molecular weight excluding hydrogens is 222 g/mol. The van der Waals surface area contributed by atoms with Crippen molar-refractivity contribution in [1.82, 2.24) is 9.78 Å². The molecule has 1 aliphatic heterocycles. The Hall–Kier alpha value is -1.98. The molecule has 0 bridgehead atoms. The lowest BCUT2D eigenvalue weighted by atomic mass is 10.4. The van der Waals surface area contributed by atoms with E-state index in [-0.39, 0.29) is 11.7 Å². The summed E-state index contributed by atoms with van der Waals surface area (Å²) < 4.78 is 11.9. The normalized spacial score (nSPS) is 14.6. The number of aromatic nitrogens is 2. The van der Waals surface area contributed by atoms with Gasteiger partial charge >= 0.3 is 0 Å². The number of ether oxygens (including phenoxy) is 2. The topological polar surface area (TPSA) is 65.4 Å². The quantitative estimate of drug-likeness (QED) is 0.853. The monoisotopic (exact) mass is 237 g/mol. The van der Waals surface area contributed by atoms with Crippen LogP contribution in [-0.4, -0.2) is 28.9 Å². The van der Waals surface area contributed by atoms with E-state index in [9.17, 15) is 4.79 Å². The minimum Gasteiger partial charge on any atom is -0.494 e. The lowest BCUT2D eigenvalue weighted by Crippen LogP contribution is -2.22. The summed E-state index contributed by atoms with van der Waals surface area (Å²) >= 11 is 0. The van der Waals surface area contributed by atoms with Gasteiger partial charge in [0.1, 0.15) is 25.3 Å². The Labute approximate surface area is 99.2 Å². The SMILES string of the molecule is CCn1nc(C)cc1NC(=O)C1=COCCO1. The molecule has 0 spiro atoms. The molecule has 0 atom stereocenters. The van der Waals surface area contributed by atoms with Gasteiger partial charge in [-0.15, -0.1) is 0 Å². The average molecular weight is 237 g/mol. The van der Waals surface area contributed by atoms with E-state index in [0.717, 1.165) is 5.69 Å². The van der Waals surface area contributed by atoms with Gasteiger partial charge in [-0.2, -0.15) is 5.10 Å². The van der Waals surface area contributed by atoms with Gasteiger partial charge in [-0.05, 0) is 13.8 Å². The molecule has 1 amide bonds. The number of carbonyl (C=O) groups is 1. The first kappa shape index (κ1) is 11.5. The number of hydrogen-bond donors (Lipinski definition) is 1. The Morgan fingerprint density at radius 2 is 2.41 bits per heavy atom. The number of carbonyl (C=O) groups excluding carboxylic acids is 1. The van der Waals surface area contributed by atoms with Gasteiger partial charge in [-0.1, -0.05) is 0 Å². The number of anilines is 1. The molecule has 92 valence electrons. The summed E-state index contributed by atoms with van der Waals surface area (Å²) in [4.78, 5) is 11.8. The van der Waals surface area contributed by atoms with Crippen LogP contribution in [0, 0.1) is 6.92 Å². The molecule has 1 aliphatic rings. The first-order valence-corrected chi connectivity index (χ1v) is 5.51. The molecule has 0 saturated heterocycles. The first-order chi connectivity index (χ1) is 8.20. The van der Waals surface area contributed by atoms with Crippen molar-refractivity contribution < 1.29 is 14.3 Å². The van der Waals surface area contributed by atoms with Crippen molar-refractivity contribution in [3.63, 3.8) is 0 Å². The van der Waals surface area contributed by atoms with E-state index < -0.39 is 0 Å². The van der Waals surface area contributed by atoms with Crippen LogP contribution in [-0.2, 0) is 20.8 Å². The molecule has 0 aromatic carbocycles. The third kappa shape index (κ3) is 2.58. The van der Waals surface area contributed by atoms with Crippen molar-refractivity contribution in [2.45, 2.75) is 20.4 Å². The lowest BCUT2D eigenvalue weighted by Gasteiger charge is -2.15. The average Bonchev–Trinajstić information content (AvgIpc) is 2.70. The molecule has 0 radical (unpaired) electrons. The second-order valence-electron chi connectivity index (χ2n) is 3.64. The summed E-state index contributed by atoms with van der Waals surface area (Å²) in [6.07, 6.45) is 1.33. The molecule has 1 aromatic rings. The largest absolute Gasteiger partial charge is 0.494 e. The molecule has 1 aromatic heterocycles. The lowest BCUT2D eigenvalue weighted by molar-refractivity contribution is -0.117. The van der Waals surface area contributed by atoms with Crippen LogP contribution in [0.15, 0.2) is 18.1 Å². The molecule has 0 fully saturated rings. The van der Waals surface area contributed by atoms with Gasteiger partial charge in [0.25, 0.3) is 5.91 Å². The highest BCUT2D eigenvalue weighted by Gasteiger charge is 2.16. The van der Waals surface area contributed by atoms with E-state index in [0.29, 0.717) is 25.6 Å².